The maximum atomic E-state index is 11.7. The Kier molecular flexibility index (Phi) is 21.7. The van der Waals surface area contributed by atoms with Gasteiger partial charge in [-0.05, 0) is 151 Å². The van der Waals surface area contributed by atoms with Crippen molar-refractivity contribution in [3.8, 4) is 55.2 Å². The van der Waals surface area contributed by atoms with Gasteiger partial charge in [-0.15, -0.1) is 64.4 Å². The fourth-order valence-electron chi connectivity index (χ4n) is 10.9. The summed E-state index contributed by atoms with van der Waals surface area (Å²) < 4.78 is 1.23. The van der Waals surface area contributed by atoms with Crippen LogP contribution in [0, 0.1) is 77.8 Å². The number of aliphatic hydroxyl groups is 1. The largest absolute Gasteiger partial charge is 0.512 e. The van der Waals surface area contributed by atoms with Crippen LogP contribution < -0.4 is 0 Å². The third kappa shape index (κ3) is 16.0. The van der Waals surface area contributed by atoms with Crippen LogP contribution >= 0.6 is 11.3 Å². The maximum absolute atomic E-state index is 11.7. The summed E-state index contributed by atoms with van der Waals surface area (Å²) in [5.74, 6) is 0.547. The van der Waals surface area contributed by atoms with Gasteiger partial charge in [-0.1, -0.05) is 178 Å². The number of nitrogens with zero attached hydrogens (tertiary/aromatic N) is 3. The van der Waals surface area contributed by atoms with Crippen LogP contribution in [0.3, 0.4) is 0 Å². The average molecular weight is 1270 g/mol. The molecule has 5 aromatic carbocycles. The number of carbonyl (C=O) groups excluding carboxylic acids is 1. The van der Waals surface area contributed by atoms with E-state index in [1.807, 2.05) is 58.3 Å². The number of thiophene rings is 1. The van der Waals surface area contributed by atoms with E-state index in [1.54, 1.807) is 0 Å². The van der Waals surface area contributed by atoms with Gasteiger partial charge < -0.3 is 10.1 Å². The molecule has 0 aliphatic carbocycles. The molecule has 425 valence electrons. The van der Waals surface area contributed by atoms with E-state index < -0.39 is 0 Å². The molecule has 7 heteroatoms. The minimum atomic E-state index is -0.0383. The molecule has 0 aliphatic heterocycles. The van der Waals surface area contributed by atoms with Crippen molar-refractivity contribution in [3.05, 3.63) is 196 Å². The number of benzene rings is 5. The monoisotopic (exact) mass is 1270 g/mol. The molecule has 4 heterocycles. The second-order valence-corrected chi connectivity index (χ2v) is 25.3. The Balaban J connectivity index is 0.000000209. The number of ketones is 1. The van der Waals surface area contributed by atoms with Crippen LogP contribution in [0.15, 0.2) is 133 Å². The van der Waals surface area contributed by atoms with Gasteiger partial charge in [0.05, 0.1) is 5.76 Å². The van der Waals surface area contributed by atoms with Gasteiger partial charge in [0.2, 0.25) is 0 Å². The molecule has 1 N–H and O–H groups in total. The van der Waals surface area contributed by atoms with Gasteiger partial charge in [0.1, 0.15) is 0 Å². The molecule has 0 unspecified atom stereocenters. The molecule has 0 saturated heterocycles. The van der Waals surface area contributed by atoms with E-state index in [9.17, 15) is 9.90 Å². The number of aryl methyl sites for hydroxylation is 7. The summed E-state index contributed by atoms with van der Waals surface area (Å²) in [5.41, 5.74) is 22.9. The molecule has 81 heavy (non-hydrogen) atoms. The Labute approximate surface area is 503 Å². The van der Waals surface area contributed by atoms with E-state index in [1.165, 1.54) is 87.8 Å². The second kappa shape index (κ2) is 27.6. The third-order valence-electron chi connectivity index (χ3n) is 15.2. The molecule has 9 aromatic rings. The number of pyridine rings is 3. The minimum Gasteiger partial charge on any atom is -0.512 e. The first-order chi connectivity index (χ1) is 37.9. The number of allylic oxidation sites excluding steroid dienone is 2. The first-order valence-electron chi connectivity index (χ1n) is 28.8. The molecular weight excluding hydrogens is 1190 g/mol. The Morgan fingerprint density at radius 2 is 1.20 bits per heavy atom. The molecule has 4 aromatic heterocycles. The zero-order valence-electron chi connectivity index (χ0n) is 51.3. The predicted octanol–water partition coefficient (Wildman–Crippen LogP) is 20.8. The van der Waals surface area contributed by atoms with E-state index in [-0.39, 0.29) is 48.9 Å². The third-order valence-corrected chi connectivity index (χ3v) is 16.5. The Morgan fingerprint density at radius 3 is 1.77 bits per heavy atom. The van der Waals surface area contributed by atoms with Gasteiger partial charge in [0, 0.05) is 76.9 Å². The molecule has 5 nitrogen and oxygen atoms in total. The molecule has 0 saturated carbocycles. The SMILES string of the molecule is CCC(CC)C(=O)/C=C(\O)C(CC)CC.Cc1[c-]c(-c2cc(-c3ccc(-c4ccc(CC(C)(C)C)cc4)cc3)ccn2)cc(C)c1.Cc1cc(C)c(-c2sc3c(-c4[c-]c5ccc(C)nc5c(C(C)(C)C)c4)nccc3c2C)c(C)c1.[Ir]. The Hall–Kier alpha value is -6.37. The normalized spacial score (nSPS) is 11.8. The van der Waals surface area contributed by atoms with Crippen molar-refractivity contribution in [3.63, 3.8) is 0 Å². The molecular formula is C74H85IrN3O2S-2. The van der Waals surface area contributed by atoms with Crippen LogP contribution in [0.1, 0.15) is 145 Å². The summed E-state index contributed by atoms with van der Waals surface area (Å²) in [6.07, 6.45) is 9.83. The molecule has 9 rings (SSSR count). The number of aliphatic hydroxyl groups excluding tert-OH is 1. The summed E-state index contributed by atoms with van der Waals surface area (Å²) in [4.78, 5) is 27.4. The van der Waals surface area contributed by atoms with Crippen molar-refractivity contribution < 1.29 is 30.0 Å². The number of aromatic nitrogens is 3. The number of fused-ring (bicyclic) bond motifs is 2. The van der Waals surface area contributed by atoms with Crippen LogP contribution in [-0.2, 0) is 36.7 Å². The van der Waals surface area contributed by atoms with Gasteiger partial charge in [-0.2, -0.15) is 0 Å². The molecule has 0 fully saturated rings. The van der Waals surface area contributed by atoms with Crippen LogP contribution in [0.25, 0.3) is 76.2 Å². The minimum absolute atomic E-state index is 0. The molecule has 0 amide bonds. The van der Waals surface area contributed by atoms with Gasteiger partial charge in [0.25, 0.3) is 0 Å². The van der Waals surface area contributed by atoms with Crippen molar-refractivity contribution in [2.75, 3.05) is 0 Å². The molecule has 0 bridgehead atoms. The molecule has 0 atom stereocenters. The maximum Gasteiger partial charge on any atom is 0.162 e. The van der Waals surface area contributed by atoms with Crippen LogP contribution in [0.5, 0.6) is 0 Å². The number of hydrogen-bond donors (Lipinski definition) is 1. The summed E-state index contributed by atoms with van der Waals surface area (Å²) in [6.45, 7) is 36.8. The first-order valence-corrected chi connectivity index (χ1v) is 29.6. The van der Waals surface area contributed by atoms with E-state index in [0.29, 0.717) is 5.41 Å². The smallest absolute Gasteiger partial charge is 0.162 e. The van der Waals surface area contributed by atoms with Crippen molar-refractivity contribution >= 4 is 38.1 Å². The van der Waals surface area contributed by atoms with E-state index in [2.05, 4.69) is 209 Å². The number of hydrogen-bond acceptors (Lipinski definition) is 6. The predicted molar refractivity (Wildman–Crippen MR) is 343 cm³/mol. The summed E-state index contributed by atoms with van der Waals surface area (Å²) in [5, 5.41) is 12.1. The van der Waals surface area contributed by atoms with Gasteiger partial charge in [0.15, 0.2) is 5.78 Å². The van der Waals surface area contributed by atoms with Crippen molar-refractivity contribution in [2.24, 2.45) is 17.3 Å². The summed E-state index contributed by atoms with van der Waals surface area (Å²) in [7, 11) is 0. The molecule has 0 spiro atoms. The summed E-state index contributed by atoms with van der Waals surface area (Å²) in [6, 6.07) is 46.6. The quantitative estimate of drug-likeness (QED) is 0.0707. The van der Waals surface area contributed by atoms with Gasteiger partial charge in [-0.3, -0.25) is 14.8 Å². The Morgan fingerprint density at radius 1 is 0.630 bits per heavy atom. The standard InChI is InChI=1S/C31H31N2S.C30H30N.C13H24O2.Ir/c1-17-13-18(2)26(19(3)14-17)29-21(5)24-11-12-32-28(30(24)34-29)23-15-22-10-9-20(4)33-27(22)25(16-23)31(6,7)8;1-21-16-22(2)18-28(17-21)29-19-27(14-15-31-29)26-12-10-25(11-13-26)24-8-6-23(7-9-24)20-30(3,4)5;1-5-10(6-2)12(14)9-13(15)11(7-3)8-4;/h9-14,16H,1-8H3;6-17,19H,20H2,1-5H3;9-11,14H,5-8H2,1-4H3;/q2*-1;;/b;;12-9-;. The first kappa shape index (κ1) is 63.8. The zero-order chi connectivity index (χ0) is 58.2. The topological polar surface area (TPSA) is 76.0 Å². The number of carbonyl (C=O) groups is 1. The van der Waals surface area contributed by atoms with Gasteiger partial charge in [-0.25, -0.2) is 0 Å². The zero-order valence-corrected chi connectivity index (χ0v) is 54.5. The van der Waals surface area contributed by atoms with E-state index in [4.69, 9.17) is 9.97 Å². The van der Waals surface area contributed by atoms with Gasteiger partial charge >= 0.3 is 0 Å². The average Bonchev–Trinajstić information content (AvgIpc) is 3.87. The fraction of sp³-hybridized carbons (Fsp3) is 0.351. The summed E-state index contributed by atoms with van der Waals surface area (Å²) >= 11 is 1.86. The van der Waals surface area contributed by atoms with E-state index >= 15 is 0 Å². The molecule has 1 radical (unpaired) electrons. The van der Waals surface area contributed by atoms with E-state index in [0.717, 1.165) is 76.8 Å². The van der Waals surface area contributed by atoms with Crippen LogP contribution in [0.2, 0.25) is 0 Å². The number of rotatable bonds is 13. The Bertz CT molecular complexity index is 3600. The van der Waals surface area contributed by atoms with Crippen LogP contribution in [0.4, 0.5) is 0 Å². The van der Waals surface area contributed by atoms with Crippen molar-refractivity contribution in [1.82, 2.24) is 15.0 Å². The van der Waals surface area contributed by atoms with Crippen molar-refractivity contribution in [2.45, 2.75) is 155 Å². The second-order valence-electron chi connectivity index (χ2n) is 24.3. The molecule has 0 aliphatic rings. The fourth-order valence-corrected chi connectivity index (χ4v) is 12.4. The van der Waals surface area contributed by atoms with Crippen molar-refractivity contribution in [1.29, 1.82) is 0 Å². The van der Waals surface area contributed by atoms with Crippen LogP contribution in [-0.4, -0.2) is 25.8 Å².